The summed E-state index contributed by atoms with van der Waals surface area (Å²) in [5.74, 6) is -2.86. The van der Waals surface area contributed by atoms with Gasteiger partial charge in [0.2, 0.25) is 0 Å². The average molecular weight is 337 g/mol. The number of hydrogen-bond donors (Lipinski definition) is 2. The third-order valence-electron chi connectivity index (χ3n) is 3.12. The molecule has 0 saturated carbocycles. The number of carbonyl (C=O) groups excluding carboxylic acids is 1. The summed E-state index contributed by atoms with van der Waals surface area (Å²) in [5, 5.41) is 11.6. The summed E-state index contributed by atoms with van der Waals surface area (Å²) in [6.07, 6.45) is 0.439. The van der Waals surface area contributed by atoms with E-state index in [1.54, 1.807) is 45.0 Å². The van der Waals surface area contributed by atoms with Gasteiger partial charge >= 0.3 is 12.1 Å². The van der Waals surface area contributed by atoms with E-state index in [0.29, 0.717) is 0 Å². The standard InChI is InChI=1S/C18H24FNO4/c1-12(20-17(23)24-18(2,3)4)15(19)11-14(16(21)22)10-13-8-6-5-7-9-13/h5-9,11-12,14H,10H2,1-4H3,(H,20,23)(H,21,22). The van der Waals surface area contributed by atoms with Crippen LogP contribution in [0.4, 0.5) is 9.18 Å². The smallest absolute Gasteiger partial charge is 0.408 e. The molecular formula is C18H24FNO4. The number of carboxylic acids is 1. The number of nitrogens with one attached hydrogen (secondary N) is 1. The normalized spacial score (nSPS) is 14.6. The van der Waals surface area contributed by atoms with Crippen LogP contribution in [0.1, 0.15) is 33.3 Å². The van der Waals surface area contributed by atoms with Gasteiger partial charge < -0.3 is 15.2 Å². The molecule has 1 aromatic carbocycles. The van der Waals surface area contributed by atoms with Crippen LogP contribution >= 0.6 is 0 Å². The molecule has 0 radical (unpaired) electrons. The molecule has 0 aromatic heterocycles. The van der Waals surface area contributed by atoms with E-state index in [2.05, 4.69) is 5.32 Å². The number of benzene rings is 1. The molecule has 6 heteroatoms. The van der Waals surface area contributed by atoms with Crippen molar-refractivity contribution in [2.24, 2.45) is 5.92 Å². The van der Waals surface area contributed by atoms with Crippen LogP contribution in [0.3, 0.4) is 0 Å². The SMILES string of the molecule is CC(NC(=O)OC(C)(C)C)C(F)=CC(Cc1ccccc1)C(=O)O. The van der Waals surface area contributed by atoms with Gasteiger partial charge in [0.15, 0.2) is 0 Å². The molecular weight excluding hydrogens is 313 g/mol. The fourth-order valence-corrected chi connectivity index (χ4v) is 1.98. The molecule has 0 heterocycles. The maximum atomic E-state index is 14.2. The Morgan fingerprint density at radius 2 is 1.88 bits per heavy atom. The second-order valence-corrected chi connectivity index (χ2v) is 6.55. The quantitative estimate of drug-likeness (QED) is 0.830. The number of carbonyl (C=O) groups is 2. The van der Waals surface area contributed by atoms with E-state index in [9.17, 15) is 19.1 Å². The molecule has 5 nitrogen and oxygen atoms in total. The summed E-state index contributed by atoms with van der Waals surface area (Å²) < 4.78 is 19.3. The lowest BCUT2D eigenvalue weighted by atomic mass is 9.98. The van der Waals surface area contributed by atoms with Crippen molar-refractivity contribution in [2.75, 3.05) is 0 Å². The Morgan fingerprint density at radius 3 is 2.38 bits per heavy atom. The predicted octanol–water partition coefficient (Wildman–Crippen LogP) is 3.70. The molecule has 1 aromatic rings. The highest BCUT2D eigenvalue weighted by atomic mass is 19.1. The van der Waals surface area contributed by atoms with Gasteiger partial charge in [0.05, 0.1) is 12.0 Å². The topological polar surface area (TPSA) is 75.6 Å². The van der Waals surface area contributed by atoms with Gasteiger partial charge in [-0.3, -0.25) is 4.79 Å². The molecule has 0 aliphatic heterocycles. The van der Waals surface area contributed by atoms with Gasteiger partial charge in [-0.1, -0.05) is 30.3 Å². The van der Waals surface area contributed by atoms with E-state index < -0.39 is 35.5 Å². The van der Waals surface area contributed by atoms with E-state index in [1.165, 1.54) is 6.92 Å². The Labute approximate surface area is 141 Å². The first-order valence-corrected chi connectivity index (χ1v) is 7.72. The second kappa shape index (κ2) is 8.47. The lowest BCUT2D eigenvalue weighted by Crippen LogP contribution is -2.38. The molecule has 0 aliphatic rings. The van der Waals surface area contributed by atoms with Crippen LogP contribution in [0.25, 0.3) is 0 Å². The zero-order chi connectivity index (χ0) is 18.3. The first kappa shape index (κ1) is 19.7. The largest absolute Gasteiger partial charge is 0.481 e. The third-order valence-corrected chi connectivity index (χ3v) is 3.12. The zero-order valence-corrected chi connectivity index (χ0v) is 14.4. The molecule has 2 N–H and O–H groups in total. The Bertz CT molecular complexity index is 593. The van der Waals surface area contributed by atoms with Gasteiger partial charge in [-0.15, -0.1) is 0 Å². The Hall–Kier alpha value is -2.37. The molecule has 0 saturated heterocycles. The monoisotopic (exact) mass is 337 g/mol. The number of rotatable bonds is 6. The molecule has 0 fully saturated rings. The van der Waals surface area contributed by atoms with Gasteiger partial charge in [-0.2, -0.15) is 0 Å². The summed E-state index contributed by atoms with van der Waals surface area (Å²) >= 11 is 0. The number of ether oxygens (including phenoxy) is 1. The minimum Gasteiger partial charge on any atom is -0.481 e. The van der Waals surface area contributed by atoms with Crippen LogP contribution in [0.5, 0.6) is 0 Å². The number of alkyl carbamates (subject to hydrolysis) is 1. The van der Waals surface area contributed by atoms with E-state index in [0.717, 1.165) is 11.6 Å². The fraction of sp³-hybridized carbons (Fsp3) is 0.444. The lowest BCUT2D eigenvalue weighted by molar-refractivity contribution is -0.140. The van der Waals surface area contributed by atoms with E-state index in [1.807, 2.05) is 6.07 Å². The molecule has 0 bridgehead atoms. The summed E-state index contributed by atoms with van der Waals surface area (Å²) in [5.41, 5.74) is 0.0997. The molecule has 2 atom stereocenters. The van der Waals surface area contributed by atoms with Crippen molar-refractivity contribution < 1.29 is 23.8 Å². The van der Waals surface area contributed by atoms with Crippen LogP contribution in [-0.4, -0.2) is 28.8 Å². The van der Waals surface area contributed by atoms with E-state index in [-0.39, 0.29) is 6.42 Å². The first-order valence-electron chi connectivity index (χ1n) is 7.72. The van der Waals surface area contributed by atoms with Gasteiger partial charge in [-0.05, 0) is 45.8 Å². The van der Waals surface area contributed by atoms with Crippen molar-refractivity contribution in [3.05, 3.63) is 47.8 Å². The Balaban J connectivity index is 2.75. The molecule has 1 amide bonds. The number of halogens is 1. The highest BCUT2D eigenvalue weighted by Crippen LogP contribution is 2.16. The number of aliphatic carboxylic acids is 1. The van der Waals surface area contributed by atoms with Gasteiger partial charge in [0.25, 0.3) is 0 Å². The van der Waals surface area contributed by atoms with Crippen LogP contribution in [0, 0.1) is 5.92 Å². The molecule has 0 spiro atoms. The highest BCUT2D eigenvalue weighted by Gasteiger charge is 2.22. The van der Waals surface area contributed by atoms with Gasteiger partial charge in [-0.25, -0.2) is 9.18 Å². The summed E-state index contributed by atoms with van der Waals surface area (Å²) in [7, 11) is 0. The van der Waals surface area contributed by atoms with E-state index >= 15 is 0 Å². The summed E-state index contributed by atoms with van der Waals surface area (Å²) in [4.78, 5) is 23.0. The van der Waals surface area contributed by atoms with Gasteiger partial charge in [0, 0.05) is 0 Å². The minimum atomic E-state index is -1.13. The van der Waals surface area contributed by atoms with Crippen molar-refractivity contribution in [3.8, 4) is 0 Å². The number of carboxylic acid groups (broad SMARTS) is 1. The maximum Gasteiger partial charge on any atom is 0.408 e. The lowest BCUT2D eigenvalue weighted by Gasteiger charge is -2.21. The molecule has 0 aliphatic carbocycles. The molecule has 2 unspecified atom stereocenters. The van der Waals surface area contributed by atoms with Gasteiger partial charge in [0.1, 0.15) is 11.4 Å². The predicted molar refractivity (Wildman–Crippen MR) is 89.3 cm³/mol. The summed E-state index contributed by atoms with van der Waals surface area (Å²) in [6, 6.07) is 8.00. The molecule has 24 heavy (non-hydrogen) atoms. The first-order chi connectivity index (χ1) is 11.1. The highest BCUT2D eigenvalue weighted by molar-refractivity contribution is 5.73. The maximum absolute atomic E-state index is 14.2. The van der Waals surface area contributed by atoms with Crippen LogP contribution < -0.4 is 5.32 Å². The van der Waals surface area contributed by atoms with Crippen molar-refractivity contribution in [1.29, 1.82) is 0 Å². The van der Waals surface area contributed by atoms with E-state index in [4.69, 9.17) is 4.74 Å². The minimum absolute atomic E-state index is 0.169. The van der Waals surface area contributed by atoms with Crippen molar-refractivity contribution in [2.45, 2.75) is 45.8 Å². The molecule has 1 rings (SSSR count). The number of hydrogen-bond acceptors (Lipinski definition) is 3. The average Bonchev–Trinajstić information content (AvgIpc) is 2.45. The third kappa shape index (κ3) is 7.26. The Morgan fingerprint density at radius 1 is 1.29 bits per heavy atom. The summed E-state index contributed by atoms with van der Waals surface area (Å²) in [6.45, 7) is 6.52. The zero-order valence-electron chi connectivity index (χ0n) is 14.4. The van der Waals surface area contributed by atoms with Crippen molar-refractivity contribution in [3.63, 3.8) is 0 Å². The second-order valence-electron chi connectivity index (χ2n) is 6.55. The van der Waals surface area contributed by atoms with Crippen LogP contribution in [-0.2, 0) is 16.0 Å². The van der Waals surface area contributed by atoms with Crippen molar-refractivity contribution >= 4 is 12.1 Å². The van der Waals surface area contributed by atoms with Crippen LogP contribution in [0.2, 0.25) is 0 Å². The molecule has 132 valence electrons. The van der Waals surface area contributed by atoms with Crippen LogP contribution in [0.15, 0.2) is 42.2 Å². The van der Waals surface area contributed by atoms with Crippen molar-refractivity contribution in [1.82, 2.24) is 5.32 Å². The number of amides is 1. The fourth-order valence-electron chi connectivity index (χ4n) is 1.98. The Kier molecular flexibility index (Phi) is 6.95.